The number of para-hydroxylation sites is 1. The SMILES string of the molecule is CC(=O)Nc1cccc(C(=O)NNC(=O)c2cc(-c3ccc(C)cc3)nc3ccccc23)c1. The van der Waals surface area contributed by atoms with E-state index in [-0.39, 0.29) is 5.91 Å². The number of rotatable bonds is 4. The van der Waals surface area contributed by atoms with Crippen LogP contribution in [0.1, 0.15) is 33.2 Å². The van der Waals surface area contributed by atoms with Crippen LogP contribution in [0.25, 0.3) is 22.2 Å². The third-order valence-corrected chi connectivity index (χ3v) is 5.04. The number of pyridine rings is 1. The normalized spacial score (nSPS) is 10.5. The second kappa shape index (κ2) is 9.32. The topological polar surface area (TPSA) is 100 Å². The van der Waals surface area contributed by atoms with Crippen LogP contribution in [0.4, 0.5) is 5.69 Å². The third kappa shape index (κ3) is 5.04. The van der Waals surface area contributed by atoms with E-state index in [0.29, 0.717) is 33.4 Å². The quantitative estimate of drug-likeness (QED) is 0.415. The Bertz CT molecular complexity index is 1360. The average molecular weight is 438 g/mol. The molecule has 0 bridgehead atoms. The minimum absolute atomic E-state index is 0.241. The summed E-state index contributed by atoms with van der Waals surface area (Å²) in [6.45, 7) is 3.39. The zero-order chi connectivity index (χ0) is 23.4. The van der Waals surface area contributed by atoms with Crippen LogP contribution in [0.3, 0.4) is 0 Å². The van der Waals surface area contributed by atoms with Crippen LogP contribution < -0.4 is 16.2 Å². The number of anilines is 1. The predicted molar refractivity (Wildman–Crippen MR) is 128 cm³/mol. The molecule has 4 rings (SSSR count). The highest BCUT2D eigenvalue weighted by Gasteiger charge is 2.15. The maximum Gasteiger partial charge on any atom is 0.270 e. The fraction of sp³-hybridized carbons (Fsp3) is 0.0769. The van der Waals surface area contributed by atoms with Crippen molar-refractivity contribution < 1.29 is 14.4 Å². The average Bonchev–Trinajstić information content (AvgIpc) is 2.82. The van der Waals surface area contributed by atoms with Crippen molar-refractivity contribution in [3.63, 3.8) is 0 Å². The molecule has 3 amide bonds. The van der Waals surface area contributed by atoms with E-state index in [1.807, 2.05) is 55.5 Å². The Balaban J connectivity index is 1.58. The molecule has 0 fully saturated rings. The summed E-state index contributed by atoms with van der Waals surface area (Å²) in [4.78, 5) is 41.5. The molecule has 1 heterocycles. The number of nitrogens with one attached hydrogen (secondary N) is 3. The number of hydrazine groups is 1. The standard InChI is InChI=1S/C26H22N4O3/c1-16-10-12-18(13-11-16)24-15-22(21-8-3-4-9-23(21)28-24)26(33)30-29-25(32)19-6-5-7-20(14-19)27-17(2)31/h3-15H,1-2H3,(H,27,31)(H,29,32)(H,30,33). The first kappa shape index (κ1) is 21.7. The highest BCUT2D eigenvalue weighted by Crippen LogP contribution is 2.25. The third-order valence-electron chi connectivity index (χ3n) is 5.04. The minimum Gasteiger partial charge on any atom is -0.326 e. The Hall–Kier alpha value is -4.52. The predicted octanol–water partition coefficient (Wildman–Crippen LogP) is 4.24. The number of hydrogen-bond donors (Lipinski definition) is 3. The Kier molecular flexibility index (Phi) is 6.13. The number of hydrogen-bond acceptors (Lipinski definition) is 4. The van der Waals surface area contributed by atoms with Crippen molar-refractivity contribution in [3.8, 4) is 11.3 Å². The van der Waals surface area contributed by atoms with E-state index in [1.165, 1.54) is 13.0 Å². The molecule has 33 heavy (non-hydrogen) atoms. The van der Waals surface area contributed by atoms with Gasteiger partial charge in [-0.15, -0.1) is 0 Å². The molecule has 4 aromatic rings. The number of amides is 3. The fourth-order valence-corrected chi connectivity index (χ4v) is 3.43. The van der Waals surface area contributed by atoms with Gasteiger partial charge in [0.2, 0.25) is 5.91 Å². The molecule has 164 valence electrons. The molecular weight excluding hydrogens is 416 g/mol. The smallest absolute Gasteiger partial charge is 0.270 e. The fourth-order valence-electron chi connectivity index (χ4n) is 3.43. The van der Waals surface area contributed by atoms with E-state index < -0.39 is 11.8 Å². The van der Waals surface area contributed by atoms with Crippen LogP contribution in [0.2, 0.25) is 0 Å². The number of aryl methyl sites for hydroxylation is 1. The summed E-state index contributed by atoms with van der Waals surface area (Å²) in [6.07, 6.45) is 0. The van der Waals surface area contributed by atoms with Gasteiger partial charge in [0.25, 0.3) is 11.8 Å². The Labute approximate surface area is 190 Å². The van der Waals surface area contributed by atoms with E-state index in [1.54, 1.807) is 24.3 Å². The van der Waals surface area contributed by atoms with Gasteiger partial charge < -0.3 is 5.32 Å². The number of aromatic nitrogens is 1. The van der Waals surface area contributed by atoms with Crippen LogP contribution in [0.15, 0.2) is 78.9 Å². The van der Waals surface area contributed by atoms with Crippen molar-refractivity contribution in [2.24, 2.45) is 0 Å². The molecule has 3 aromatic carbocycles. The highest BCUT2D eigenvalue weighted by molar-refractivity contribution is 6.08. The van der Waals surface area contributed by atoms with Crippen LogP contribution in [-0.2, 0) is 4.79 Å². The number of carbonyl (C=O) groups is 3. The molecule has 1 aromatic heterocycles. The second-order valence-electron chi connectivity index (χ2n) is 7.61. The second-order valence-corrected chi connectivity index (χ2v) is 7.61. The lowest BCUT2D eigenvalue weighted by atomic mass is 10.0. The number of carbonyl (C=O) groups excluding carboxylic acids is 3. The van der Waals surface area contributed by atoms with E-state index in [2.05, 4.69) is 16.2 Å². The zero-order valence-electron chi connectivity index (χ0n) is 18.2. The van der Waals surface area contributed by atoms with Gasteiger partial charge in [0, 0.05) is 29.1 Å². The molecule has 7 heteroatoms. The number of nitrogens with zero attached hydrogens (tertiary/aromatic N) is 1. The maximum absolute atomic E-state index is 13.0. The van der Waals surface area contributed by atoms with Crippen molar-refractivity contribution >= 4 is 34.3 Å². The Morgan fingerprint density at radius 3 is 2.27 bits per heavy atom. The van der Waals surface area contributed by atoms with Crippen LogP contribution >= 0.6 is 0 Å². The summed E-state index contributed by atoms with van der Waals surface area (Å²) in [5.41, 5.74) is 9.45. The summed E-state index contributed by atoms with van der Waals surface area (Å²) in [5, 5.41) is 3.30. The van der Waals surface area contributed by atoms with E-state index in [4.69, 9.17) is 4.98 Å². The maximum atomic E-state index is 13.0. The Morgan fingerprint density at radius 1 is 0.788 bits per heavy atom. The van der Waals surface area contributed by atoms with Gasteiger partial charge >= 0.3 is 0 Å². The lowest BCUT2D eigenvalue weighted by molar-refractivity contribution is -0.114. The van der Waals surface area contributed by atoms with Crippen molar-refractivity contribution in [3.05, 3.63) is 95.6 Å². The summed E-state index contributed by atoms with van der Waals surface area (Å²) < 4.78 is 0. The van der Waals surface area contributed by atoms with Gasteiger partial charge in [0.05, 0.1) is 16.8 Å². The summed E-state index contributed by atoms with van der Waals surface area (Å²) in [6, 6.07) is 23.4. The first-order valence-corrected chi connectivity index (χ1v) is 10.4. The van der Waals surface area contributed by atoms with Gasteiger partial charge in [-0.05, 0) is 37.3 Å². The number of fused-ring (bicyclic) bond motifs is 1. The van der Waals surface area contributed by atoms with Crippen LogP contribution in [-0.4, -0.2) is 22.7 Å². The largest absolute Gasteiger partial charge is 0.326 e. The molecule has 3 N–H and O–H groups in total. The van der Waals surface area contributed by atoms with Gasteiger partial charge in [0.15, 0.2) is 0 Å². The summed E-state index contributed by atoms with van der Waals surface area (Å²) in [7, 11) is 0. The Morgan fingerprint density at radius 2 is 1.52 bits per heavy atom. The van der Waals surface area contributed by atoms with Crippen LogP contribution in [0.5, 0.6) is 0 Å². The molecule has 0 aliphatic carbocycles. The van der Waals surface area contributed by atoms with E-state index >= 15 is 0 Å². The van der Waals surface area contributed by atoms with E-state index in [9.17, 15) is 14.4 Å². The van der Waals surface area contributed by atoms with Gasteiger partial charge in [-0.25, -0.2) is 4.98 Å². The van der Waals surface area contributed by atoms with Crippen molar-refractivity contribution in [2.45, 2.75) is 13.8 Å². The molecular formula is C26H22N4O3. The molecule has 7 nitrogen and oxygen atoms in total. The van der Waals surface area contributed by atoms with Crippen LogP contribution in [0, 0.1) is 6.92 Å². The van der Waals surface area contributed by atoms with Gasteiger partial charge in [-0.1, -0.05) is 54.1 Å². The lowest BCUT2D eigenvalue weighted by Crippen LogP contribution is -2.41. The summed E-state index contributed by atoms with van der Waals surface area (Å²) >= 11 is 0. The van der Waals surface area contributed by atoms with Crippen molar-refractivity contribution in [1.82, 2.24) is 15.8 Å². The minimum atomic E-state index is -0.507. The molecule has 0 saturated heterocycles. The first-order chi connectivity index (χ1) is 15.9. The van der Waals surface area contributed by atoms with Crippen molar-refractivity contribution in [1.29, 1.82) is 0 Å². The van der Waals surface area contributed by atoms with Gasteiger partial charge in [-0.2, -0.15) is 0 Å². The van der Waals surface area contributed by atoms with Crippen molar-refractivity contribution in [2.75, 3.05) is 5.32 Å². The monoisotopic (exact) mass is 438 g/mol. The van der Waals surface area contributed by atoms with Gasteiger partial charge in [0.1, 0.15) is 0 Å². The zero-order valence-corrected chi connectivity index (χ0v) is 18.2. The molecule has 0 aliphatic rings. The molecule has 0 spiro atoms. The number of benzene rings is 3. The lowest BCUT2D eigenvalue weighted by Gasteiger charge is -2.12. The highest BCUT2D eigenvalue weighted by atomic mass is 16.2. The summed E-state index contributed by atoms with van der Waals surface area (Å²) in [5.74, 6) is -1.21. The molecule has 0 aliphatic heterocycles. The van der Waals surface area contributed by atoms with Gasteiger partial charge in [-0.3, -0.25) is 25.2 Å². The molecule has 0 atom stereocenters. The van der Waals surface area contributed by atoms with E-state index in [0.717, 1.165) is 11.1 Å². The molecule has 0 saturated carbocycles. The first-order valence-electron chi connectivity index (χ1n) is 10.4. The molecule has 0 radical (unpaired) electrons. The molecule has 0 unspecified atom stereocenters.